The van der Waals surface area contributed by atoms with Crippen LogP contribution in [0.4, 0.5) is 8.63 Å². The molecule has 14 heteroatoms. The molecule has 0 N–H and O–H groups in total. The Morgan fingerprint density at radius 1 is 0.460 bits per heavy atom. The van der Waals surface area contributed by atoms with Gasteiger partial charge in [0.25, 0.3) is 11.5 Å². The molecule has 0 saturated heterocycles. The van der Waals surface area contributed by atoms with Gasteiger partial charge in [0, 0.05) is 92.1 Å². The molecule has 4 aromatic rings. The van der Waals surface area contributed by atoms with Crippen LogP contribution in [0.3, 0.4) is 0 Å². The van der Waals surface area contributed by atoms with E-state index in [9.17, 15) is 0 Å². The molecule has 0 bridgehead atoms. The van der Waals surface area contributed by atoms with Crippen molar-refractivity contribution < 1.29 is 12.6 Å². The third kappa shape index (κ3) is 7.08. The molecule has 6 nitrogen and oxygen atoms in total. The van der Waals surface area contributed by atoms with Gasteiger partial charge < -0.3 is 8.63 Å². The topological polar surface area (TPSA) is 19.2 Å². The van der Waals surface area contributed by atoms with Crippen molar-refractivity contribution in [1.29, 1.82) is 0 Å². The van der Waals surface area contributed by atoms with Crippen molar-refractivity contribution in [2.45, 2.75) is 77.0 Å². The Balaban J connectivity index is 0.000000239. The van der Waals surface area contributed by atoms with Crippen molar-refractivity contribution in [3.63, 3.8) is 0 Å². The van der Waals surface area contributed by atoms with E-state index in [0.717, 1.165) is 55.4 Å². The molecule has 5 aliphatic heterocycles. The van der Waals surface area contributed by atoms with Gasteiger partial charge in [-0.3, -0.25) is 0 Å². The SMILES string of the molecule is CC1(C)c2cccc3c2[B-]2(F)c4c1ccc1c4[B-]4(F)c5c(cccc5C(C)(C)c5ccc(c2c54)C3(C)C)C1(C)C.CN(C)S(N(C)C)=[N+](C)C.CN(C)[S+](N(C)C)N(C)C.ClCCl. The molecule has 63 heavy (non-hydrogen) atoms. The maximum atomic E-state index is 19.3. The van der Waals surface area contributed by atoms with E-state index in [4.69, 9.17) is 23.2 Å². The van der Waals surface area contributed by atoms with Crippen LogP contribution in [0.15, 0.2) is 60.7 Å². The molecule has 9 rings (SSSR count). The standard InChI is InChI=1S/C36H34B2F2.2C6H18N3S.CH2Cl2/c1-33(2)19-11-9-12-20-27(19)37(39)29-23(33)15-16-24-30(29)38(40)28-21(35(24,5)6)13-10-14-22(28)36(7,8)26-18-17-25(34(20,3)4)31(37)32(26)38;2*1-7(2)10(8(3)4)9(5)6;2-1-3/h9-18H,1-8H3;2*1-6H3;1H2/q-2;2*+1;. The lowest BCUT2D eigenvalue weighted by Gasteiger charge is -2.68. The fourth-order valence-electron chi connectivity index (χ4n) is 12.7. The van der Waals surface area contributed by atoms with Gasteiger partial charge in [0.05, 0.1) is 5.34 Å². The van der Waals surface area contributed by atoms with E-state index >= 15 is 8.63 Å². The summed E-state index contributed by atoms with van der Waals surface area (Å²) >= 11 is 9.77. The van der Waals surface area contributed by atoms with Crippen molar-refractivity contribution in [2.75, 3.05) is 89.9 Å². The average Bonchev–Trinajstić information content (AvgIpc) is 3.16. The van der Waals surface area contributed by atoms with Gasteiger partial charge in [0.1, 0.15) is 14.1 Å². The molecular formula is C49H72B2Cl2F2N6S2. The van der Waals surface area contributed by atoms with Crippen LogP contribution in [0, 0.1) is 0 Å². The monoisotopic (exact) mass is 938 g/mol. The van der Waals surface area contributed by atoms with Crippen LogP contribution in [0.2, 0.25) is 0 Å². The summed E-state index contributed by atoms with van der Waals surface area (Å²) in [5, 5.41) is 0.194. The number of alkyl halides is 2. The minimum atomic E-state index is -2.87. The molecule has 0 fully saturated rings. The van der Waals surface area contributed by atoms with E-state index < -0.39 is 34.5 Å². The summed E-state index contributed by atoms with van der Waals surface area (Å²) in [7, 11) is 25.0. The maximum Gasteiger partial charge on any atom is 0.266 e. The Morgan fingerprint density at radius 3 is 0.810 bits per heavy atom. The van der Waals surface area contributed by atoms with Crippen LogP contribution in [-0.4, -0.2) is 128 Å². The maximum absolute atomic E-state index is 19.3. The summed E-state index contributed by atoms with van der Waals surface area (Å²) in [6.07, 6.45) is -5.74. The van der Waals surface area contributed by atoms with E-state index in [1.807, 2.05) is 0 Å². The van der Waals surface area contributed by atoms with Gasteiger partial charge in [-0.25, -0.2) is 0 Å². The Morgan fingerprint density at radius 2 is 0.667 bits per heavy atom. The Kier molecular flexibility index (Phi) is 13.4. The van der Waals surface area contributed by atoms with Gasteiger partial charge in [-0.05, 0) is 0 Å². The molecule has 4 aromatic carbocycles. The van der Waals surface area contributed by atoms with Gasteiger partial charge in [-0.15, -0.1) is 23.2 Å². The molecular weight excluding hydrogens is 867 g/mol. The second-order valence-corrected chi connectivity index (χ2v) is 27.2. The van der Waals surface area contributed by atoms with Gasteiger partial charge in [-0.2, -0.15) is 45.3 Å². The van der Waals surface area contributed by atoms with Crippen molar-refractivity contribution in [2.24, 2.45) is 0 Å². The molecule has 344 valence electrons. The summed E-state index contributed by atoms with van der Waals surface area (Å²) in [6.45, 7) is 17.7. The van der Waals surface area contributed by atoms with Crippen molar-refractivity contribution in [3.05, 3.63) is 105 Å². The van der Waals surface area contributed by atoms with Crippen molar-refractivity contribution in [1.82, 2.24) is 21.5 Å². The van der Waals surface area contributed by atoms with Crippen molar-refractivity contribution >= 4 is 91.3 Å². The lowest BCUT2D eigenvalue weighted by Crippen LogP contribution is -2.93. The first-order chi connectivity index (χ1) is 29.0. The van der Waals surface area contributed by atoms with E-state index in [1.165, 1.54) is 0 Å². The number of benzene rings is 4. The molecule has 0 aliphatic carbocycles. The normalized spacial score (nSPS) is 19.0. The largest absolute Gasteiger partial charge is 0.498 e. The summed E-state index contributed by atoms with van der Waals surface area (Å²) in [4.78, 5) is 0. The summed E-state index contributed by atoms with van der Waals surface area (Å²) in [5.74, 6) is 0. The number of halogens is 4. The smallest absolute Gasteiger partial charge is 0.266 e. The molecule has 0 radical (unpaired) electrons. The molecule has 5 aliphatic rings. The van der Waals surface area contributed by atoms with E-state index in [1.54, 1.807) is 0 Å². The first-order valence-corrected chi connectivity index (χ1v) is 25.2. The van der Waals surface area contributed by atoms with Gasteiger partial charge in [-0.1, -0.05) is 173 Å². The second-order valence-electron chi connectivity index (χ2n) is 21.0. The Labute approximate surface area is 395 Å². The van der Waals surface area contributed by atoms with E-state index in [0.29, 0.717) is 21.9 Å². The molecule has 5 heterocycles. The molecule has 0 unspecified atom stereocenters. The lowest BCUT2D eigenvalue weighted by molar-refractivity contribution is -0.441. The Hall–Kier alpha value is -2.25. The molecule has 0 saturated carbocycles. The predicted octanol–water partition coefficient (Wildman–Crippen LogP) is 5.90. The van der Waals surface area contributed by atoms with Crippen LogP contribution in [0.25, 0.3) is 0 Å². The predicted molar refractivity (Wildman–Crippen MR) is 278 cm³/mol. The van der Waals surface area contributed by atoms with E-state index in [2.05, 4.69) is 226 Å². The average molecular weight is 940 g/mol. The summed E-state index contributed by atoms with van der Waals surface area (Å²) in [6, 6.07) is 21.3. The van der Waals surface area contributed by atoms with Gasteiger partial charge in [0.2, 0.25) is 12.8 Å². The number of nitrogens with zero attached hydrogens (tertiary/aromatic N) is 6. The molecule has 0 aromatic heterocycles. The van der Waals surface area contributed by atoms with Crippen LogP contribution >= 0.6 is 23.2 Å². The minimum absolute atomic E-state index is 0.120. The highest BCUT2D eigenvalue weighted by Gasteiger charge is 2.61. The molecule has 0 atom stereocenters. The quantitative estimate of drug-likeness (QED) is 0.107. The summed E-state index contributed by atoms with van der Waals surface area (Å²) < 4.78 is 51.7. The van der Waals surface area contributed by atoms with Gasteiger partial charge in [0.15, 0.2) is 11.1 Å². The fourth-order valence-corrected chi connectivity index (χ4v) is 16.7. The lowest BCUT2D eigenvalue weighted by atomic mass is 9.09. The second kappa shape index (κ2) is 16.8. The zero-order valence-electron chi connectivity index (χ0n) is 41.6. The summed E-state index contributed by atoms with van der Waals surface area (Å²) in [5.41, 5.74) is 10.6. The first-order valence-electron chi connectivity index (χ1n) is 22.0. The van der Waals surface area contributed by atoms with E-state index in [-0.39, 0.29) is 27.9 Å². The minimum Gasteiger partial charge on any atom is -0.498 e. The van der Waals surface area contributed by atoms with Crippen LogP contribution in [0.5, 0.6) is 0 Å². The highest BCUT2D eigenvalue weighted by molar-refractivity contribution is 7.90. The molecule has 0 amide bonds. The van der Waals surface area contributed by atoms with Crippen LogP contribution in [0.1, 0.15) is 99.9 Å². The van der Waals surface area contributed by atoms with Crippen LogP contribution in [-0.2, 0) is 44.2 Å². The first kappa shape index (κ1) is 50.2. The van der Waals surface area contributed by atoms with Crippen molar-refractivity contribution in [3.8, 4) is 0 Å². The van der Waals surface area contributed by atoms with Crippen LogP contribution < -0.4 is 32.8 Å². The number of hydrogen-bond donors (Lipinski definition) is 0. The molecule has 0 spiro atoms. The highest BCUT2D eigenvalue weighted by Crippen LogP contribution is 2.50. The fraction of sp³-hybridized carbons (Fsp3) is 0.510. The highest BCUT2D eigenvalue weighted by atomic mass is 35.5. The zero-order valence-corrected chi connectivity index (χ0v) is 44.8. The third-order valence-electron chi connectivity index (χ3n) is 14.5. The Bertz CT molecular complexity index is 2210. The third-order valence-corrected chi connectivity index (χ3v) is 18.4. The van der Waals surface area contributed by atoms with Gasteiger partial charge >= 0.3 is 0 Å². The zero-order chi connectivity index (χ0) is 47.5. The number of hydrogen-bond acceptors (Lipinski definition) is 3. The number of rotatable bonds is 5.